The Hall–Kier alpha value is -6.25. The topological polar surface area (TPSA) is 207 Å². The van der Waals surface area contributed by atoms with Crippen LogP contribution in [0, 0.1) is 24.4 Å². The highest BCUT2D eigenvalue weighted by Crippen LogP contribution is 2.32. The smallest absolute Gasteiger partial charge is 0.262 e. The molecule has 2 aliphatic rings. The molecule has 4 amide bonds. The van der Waals surface area contributed by atoms with Gasteiger partial charge >= 0.3 is 0 Å². The number of carbonyl (C=O) groups excluding carboxylic acids is 4. The van der Waals surface area contributed by atoms with E-state index in [2.05, 4.69) is 35.6 Å². The van der Waals surface area contributed by atoms with Crippen LogP contribution in [0.2, 0.25) is 0 Å². The van der Waals surface area contributed by atoms with Gasteiger partial charge in [-0.25, -0.2) is 41.3 Å². The van der Waals surface area contributed by atoms with Crippen molar-refractivity contribution < 1.29 is 45.5 Å². The molecule has 5 aromatic rings. The van der Waals surface area contributed by atoms with Crippen molar-refractivity contribution in [2.45, 2.75) is 50.6 Å². The van der Waals surface area contributed by atoms with Gasteiger partial charge in [0.25, 0.3) is 11.8 Å². The number of imide groups is 2. The minimum absolute atomic E-state index is 0.00949. The van der Waals surface area contributed by atoms with Crippen molar-refractivity contribution in [1.82, 2.24) is 34.5 Å². The zero-order valence-corrected chi connectivity index (χ0v) is 32.0. The Balaban J connectivity index is 0.896. The number of ether oxygens (including phenoxy) is 1. The van der Waals surface area contributed by atoms with E-state index in [0.29, 0.717) is 17.0 Å². The monoisotopic (exact) mass is 819 g/mol. The third-order valence-corrected chi connectivity index (χ3v) is 11.0. The second-order valence-corrected chi connectivity index (χ2v) is 15.5. The Labute approximate surface area is 329 Å². The molecule has 1 unspecified atom stereocenters. The maximum absolute atomic E-state index is 15.1. The molecular formula is C38H36F3N9O7S. The number of rotatable bonds is 14. The second kappa shape index (κ2) is 15.9. The van der Waals surface area contributed by atoms with Crippen LogP contribution < -0.4 is 20.7 Å². The van der Waals surface area contributed by atoms with Crippen molar-refractivity contribution >= 4 is 62.0 Å². The van der Waals surface area contributed by atoms with Gasteiger partial charge in [-0.15, -0.1) is 0 Å². The van der Waals surface area contributed by atoms with Gasteiger partial charge in [-0.3, -0.25) is 29.4 Å². The summed E-state index contributed by atoms with van der Waals surface area (Å²) in [7, 11) is -3.96. The predicted octanol–water partition coefficient (Wildman–Crippen LogP) is 4.35. The number of hydrogen-bond acceptors (Lipinski definition) is 12. The first-order valence-corrected chi connectivity index (χ1v) is 19.6. The molecule has 0 aliphatic carbocycles. The molecular weight excluding hydrogens is 784 g/mol. The van der Waals surface area contributed by atoms with Crippen molar-refractivity contribution in [3.05, 3.63) is 89.1 Å². The van der Waals surface area contributed by atoms with Crippen LogP contribution in [-0.4, -0.2) is 88.8 Å². The van der Waals surface area contributed by atoms with Gasteiger partial charge in [-0.2, -0.15) is 0 Å². The molecule has 1 fully saturated rings. The molecule has 2 aliphatic heterocycles. The lowest BCUT2D eigenvalue weighted by molar-refractivity contribution is -0.136. The van der Waals surface area contributed by atoms with E-state index in [0.717, 1.165) is 23.2 Å². The number of aromatic nitrogens is 4. The van der Waals surface area contributed by atoms with E-state index in [1.807, 2.05) is 18.4 Å². The summed E-state index contributed by atoms with van der Waals surface area (Å²) < 4.78 is 80.4. The lowest BCUT2D eigenvalue weighted by Crippen LogP contribution is -2.54. The van der Waals surface area contributed by atoms with Crippen LogP contribution in [0.25, 0.3) is 22.3 Å². The summed E-state index contributed by atoms with van der Waals surface area (Å²) in [5, 5.41) is 7.78. The standard InChI is InChI=1S/C38H36F3N9O7S/c1-19(2)49-20(3)45-34-27(40)14-21(15-31(34)49)33-28(41)18-43-38(48-33)46-22-4-6-23(7-5-22)58(55,56)44-11-13-57-12-10-42-29-17-25-24(16-26(29)39)36(53)50(37(25)54)30-8-9-32(51)47-35(30)52/h4-7,14-19,30,42,44H,8-13H2,1-3H3,(H,43,46,48)(H,47,51,52). The van der Waals surface area contributed by atoms with Crippen LogP contribution in [0.1, 0.15) is 59.3 Å². The van der Waals surface area contributed by atoms with Crippen molar-refractivity contribution in [3.63, 3.8) is 0 Å². The molecule has 3 aromatic carbocycles. The van der Waals surface area contributed by atoms with Gasteiger partial charge in [0.1, 0.15) is 28.9 Å². The summed E-state index contributed by atoms with van der Waals surface area (Å²) in [6.45, 7) is 5.57. The zero-order valence-electron chi connectivity index (χ0n) is 31.2. The number of halogens is 3. The molecule has 302 valence electrons. The molecule has 4 heterocycles. The highest BCUT2D eigenvalue weighted by molar-refractivity contribution is 7.89. The second-order valence-electron chi connectivity index (χ2n) is 13.7. The number of nitrogens with zero attached hydrogens (tertiary/aromatic N) is 5. The normalized spacial score (nSPS) is 15.7. The number of hydrogen-bond donors (Lipinski definition) is 4. The van der Waals surface area contributed by atoms with Crippen LogP contribution in [0.3, 0.4) is 0 Å². The Morgan fingerprint density at radius 3 is 2.33 bits per heavy atom. The van der Waals surface area contributed by atoms with Gasteiger partial charge in [0.2, 0.25) is 27.8 Å². The molecule has 20 heteroatoms. The van der Waals surface area contributed by atoms with E-state index < -0.39 is 57.1 Å². The van der Waals surface area contributed by atoms with Crippen LogP contribution in [0.5, 0.6) is 0 Å². The number of aryl methyl sites for hydroxylation is 1. The Morgan fingerprint density at radius 2 is 1.62 bits per heavy atom. The van der Waals surface area contributed by atoms with Gasteiger partial charge in [0.05, 0.1) is 46.6 Å². The fourth-order valence-corrected chi connectivity index (χ4v) is 7.86. The van der Waals surface area contributed by atoms with Crippen LogP contribution in [-0.2, 0) is 24.3 Å². The molecule has 16 nitrogen and oxygen atoms in total. The van der Waals surface area contributed by atoms with Gasteiger partial charge in [-0.1, -0.05) is 0 Å². The first-order chi connectivity index (χ1) is 27.6. The third-order valence-electron chi connectivity index (χ3n) is 9.51. The number of anilines is 3. The molecule has 4 N–H and O–H groups in total. The van der Waals surface area contributed by atoms with Crippen molar-refractivity contribution in [2.75, 3.05) is 36.9 Å². The summed E-state index contributed by atoms with van der Waals surface area (Å²) in [6, 6.07) is 9.26. The number of sulfonamides is 1. The predicted molar refractivity (Wildman–Crippen MR) is 203 cm³/mol. The molecule has 1 saturated heterocycles. The first kappa shape index (κ1) is 40.0. The fraction of sp³-hybridized carbons (Fsp3) is 0.289. The average molecular weight is 820 g/mol. The number of amides is 4. The van der Waals surface area contributed by atoms with Crippen molar-refractivity contribution in [1.29, 1.82) is 0 Å². The van der Waals surface area contributed by atoms with Gasteiger partial charge < -0.3 is 19.9 Å². The maximum atomic E-state index is 15.1. The molecule has 0 radical (unpaired) electrons. The van der Waals surface area contributed by atoms with Crippen LogP contribution in [0.15, 0.2) is 59.6 Å². The van der Waals surface area contributed by atoms with E-state index in [-0.39, 0.29) is 89.6 Å². The molecule has 58 heavy (non-hydrogen) atoms. The Morgan fingerprint density at radius 1 is 0.914 bits per heavy atom. The minimum Gasteiger partial charge on any atom is -0.380 e. The lowest BCUT2D eigenvalue weighted by Gasteiger charge is -2.27. The average Bonchev–Trinajstić information content (AvgIpc) is 3.64. The molecule has 1 atom stereocenters. The van der Waals surface area contributed by atoms with Crippen LogP contribution in [0.4, 0.5) is 30.5 Å². The summed E-state index contributed by atoms with van der Waals surface area (Å²) in [4.78, 5) is 62.9. The van der Waals surface area contributed by atoms with Crippen molar-refractivity contribution in [2.24, 2.45) is 0 Å². The third kappa shape index (κ3) is 7.85. The highest BCUT2D eigenvalue weighted by atomic mass is 32.2. The highest BCUT2D eigenvalue weighted by Gasteiger charge is 2.45. The fourth-order valence-electron chi connectivity index (χ4n) is 6.85. The molecule has 0 spiro atoms. The SMILES string of the molecule is Cc1nc2c(F)cc(-c3nc(Nc4ccc(S(=O)(=O)NCCOCCNc5cc6c(cc5F)C(=O)N(C5CCC(=O)NC5=O)C6=O)cc4)ncc3F)cc2n1C(C)C. The Kier molecular flexibility index (Phi) is 11.0. The first-order valence-electron chi connectivity index (χ1n) is 18.1. The number of imidazole rings is 1. The van der Waals surface area contributed by atoms with Crippen LogP contribution >= 0.6 is 0 Å². The molecule has 2 aromatic heterocycles. The quantitative estimate of drug-likeness (QED) is 0.0912. The van der Waals surface area contributed by atoms with Crippen molar-refractivity contribution in [3.8, 4) is 11.3 Å². The molecule has 7 rings (SSSR count). The number of fused-ring (bicyclic) bond motifs is 2. The largest absolute Gasteiger partial charge is 0.380 e. The Bertz CT molecular complexity index is 2600. The number of benzene rings is 3. The van der Waals surface area contributed by atoms with E-state index >= 15 is 4.39 Å². The van der Waals surface area contributed by atoms with Gasteiger partial charge in [-0.05, 0) is 75.7 Å². The lowest BCUT2D eigenvalue weighted by atomic mass is 10.0. The summed E-state index contributed by atoms with van der Waals surface area (Å²) in [5.41, 5.74) is 0.730. The van der Waals surface area contributed by atoms with E-state index in [4.69, 9.17) is 4.74 Å². The van der Waals surface area contributed by atoms with E-state index in [9.17, 15) is 36.4 Å². The summed E-state index contributed by atoms with van der Waals surface area (Å²) in [5.74, 6) is -4.50. The van der Waals surface area contributed by atoms with Gasteiger partial charge in [0.15, 0.2) is 11.6 Å². The zero-order chi connectivity index (χ0) is 41.5. The number of nitrogens with one attached hydrogen (secondary N) is 4. The van der Waals surface area contributed by atoms with E-state index in [1.165, 1.54) is 30.3 Å². The minimum atomic E-state index is -3.96. The van der Waals surface area contributed by atoms with E-state index in [1.54, 1.807) is 13.0 Å². The molecule has 0 saturated carbocycles. The summed E-state index contributed by atoms with van der Waals surface area (Å²) >= 11 is 0. The van der Waals surface area contributed by atoms with Gasteiger partial charge in [0, 0.05) is 36.8 Å². The molecule has 0 bridgehead atoms. The maximum Gasteiger partial charge on any atom is 0.262 e. The summed E-state index contributed by atoms with van der Waals surface area (Å²) in [6.07, 6.45) is 0.872. The number of carbonyl (C=O) groups is 4. The number of piperidine rings is 1.